The van der Waals surface area contributed by atoms with E-state index in [4.69, 9.17) is 10.5 Å². The van der Waals surface area contributed by atoms with Gasteiger partial charge in [-0.15, -0.1) is 0 Å². The molecule has 2 atom stereocenters. The molecule has 0 spiro atoms. The molecule has 0 aliphatic carbocycles. The van der Waals surface area contributed by atoms with E-state index < -0.39 is 0 Å². The minimum Gasteiger partial charge on any atom is -0.382 e. The maximum Gasteiger partial charge on any atom is 0.231 e. The number of hydrogen-bond acceptors (Lipinski definition) is 4. The highest BCUT2D eigenvalue weighted by atomic mass is 16.5. The third-order valence-corrected chi connectivity index (χ3v) is 3.97. The van der Waals surface area contributed by atoms with Gasteiger partial charge >= 0.3 is 0 Å². The Morgan fingerprint density at radius 3 is 2.83 bits per heavy atom. The molecule has 0 fully saturated rings. The standard InChI is InChI=1S/C17H26N4O2/c1-4-23-11-7-10-21-15-9-6-5-8-14(15)19-17(21)20-16(22)12(2)13(3)18/h5-6,8-9,12-13H,4,7,10-11,18H2,1-3H3,(H,19,20,22). The molecule has 6 heteroatoms. The van der Waals surface area contributed by atoms with Crippen LogP contribution >= 0.6 is 0 Å². The lowest BCUT2D eigenvalue weighted by Gasteiger charge is -2.16. The molecule has 2 aromatic rings. The van der Waals surface area contributed by atoms with Gasteiger partial charge in [0.25, 0.3) is 0 Å². The maximum absolute atomic E-state index is 12.3. The maximum atomic E-state index is 12.3. The number of ether oxygens (including phenoxy) is 1. The summed E-state index contributed by atoms with van der Waals surface area (Å²) in [7, 11) is 0. The van der Waals surface area contributed by atoms with E-state index in [1.807, 2.05) is 49.6 Å². The first-order valence-corrected chi connectivity index (χ1v) is 8.14. The molecule has 3 N–H and O–H groups in total. The number of benzene rings is 1. The third kappa shape index (κ3) is 4.30. The topological polar surface area (TPSA) is 82.2 Å². The number of carbonyl (C=O) groups excluding carboxylic acids is 1. The zero-order valence-electron chi connectivity index (χ0n) is 14.1. The number of carbonyl (C=O) groups is 1. The van der Waals surface area contributed by atoms with Crippen molar-refractivity contribution in [2.45, 2.75) is 39.8 Å². The summed E-state index contributed by atoms with van der Waals surface area (Å²) >= 11 is 0. The minimum atomic E-state index is -0.272. The van der Waals surface area contributed by atoms with Crippen molar-refractivity contribution in [3.05, 3.63) is 24.3 Å². The normalized spacial score (nSPS) is 13.9. The van der Waals surface area contributed by atoms with E-state index in [2.05, 4.69) is 10.3 Å². The van der Waals surface area contributed by atoms with E-state index >= 15 is 0 Å². The fourth-order valence-electron chi connectivity index (χ4n) is 2.33. The fourth-order valence-corrected chi connectivity index (χ4v) is 2.33. The molecule has 23 heavy (non-hydrogen) atoms. The summed E-state index contributed by atoms with van der Waals surface area (Å²) < 4.78 is 7.42. The number of nitrogens with zero attached hydrogens (tertiary/aromatic N) is 2. The van der Waals surface area contributed by atoms with Crippen LogP contribution in [-0.4, -0.2) is 34.7 Å². The minimum absolute atomic E-state index is 0.110. The van der Waals surface area contributed by atoms with Gasteiger partial charge in [0.2, 0.25) is 11.9 Å². The largest absolute Gasteiger partial charge is 0.382 e. The van der Waals surface area contributed by atoms with Crippen molar-refractivity contribution in [1.29, 1.82) is 0 Å². The summed E-state index contributed by atoms with van der Waals surface area (Å²) in [6.07, 6.45) is 0.861. The molecular formula is C17H26N4O2. The summed E-state index contributed by atoms with van der Waals surface area (Å²) in [4.78, 5) is 16.8. The van der Waals surface area contributed by atoms with Crippen LogP contribution < -0.4 is 11.1 Å². The molecule has 1 amide bonds. The van der Waals surface area contributed by atoms with Gasteiger partial charge in [-0.25, -0.2) is 4.98 Å². The van der Waals surface area contributed by atoms with Gasteiger partial charge in [0.05, 0.1) is 17.0 Å². The van der Waals surface area contributed by atoms with E-state index in [0.717, 1.165) is 24.0 Å². The predicted molar refractivity (Wildman–Crippen MR) is 92.3 cm³/mol. The second kappa shape index (κ2) is 8.08. The van der Waals surface area contributed by atoms with Crippen LogP contribution in [0.1, 0.15) is 27.2 Å². The zero-order valence-corrected chi connectivity index (χ0v) is 14.1. The molecule has 2 rings (SSSR count). The Labute approximate surface area is 137 Å². The van der Waals surface area contributed by atoms with E-state index in [1.54, 1.807) is 0 Å². The molecule has 0 aliphatic rings. The molecule has 126 valence electrons. The number of aryl methyl sites for hydroxylation is 1. The van der Waals surface area contributed by atoms with Gasteiger partial charge in [0, 0.05) is 25.8 Å². The van der Waals surface area contributed by atoms with Crippen LogP contribution in [0.4, 0.5) is 5.95 Å². The number of rotatable bonds is 8. The first-order valence-electron chi connectivity index (χ1n) is 8.14. The summed E-state index contributed by atoms with van der Waals surface area (Å²) in [6.45, 7) is 7.76. The van der Waals surface area contributed by atoms with Crippen LogP contribution in [-0.2, 0) is 16.1 Å². The smallest absolute Gasteiger partial charge is 0.231 e. The third-order valence-electron chi connectivity index (χ3n) is 3.97. The van der Waals surface area contributed by atoms with Gasteiger partial charge in [-0.3, -0.25) is 10.1 Å². The van der Waals surface area contributed by atoms with Crippen LogP contribution in [0.25, 0.3) is 11.0 Å². The predicted octanol–water partition coefficient (Wildman–Crippen LogP) is 2.38. The van der Waals surface area contributed by atoms with Crippen molar-refractivity contribution in [3.8, 4) is 0 Å². The number of para-hydroxylation sites is 2. The first-order chi connectivity index (χ1) is 11.0. The van der Waals surface area contributed by atoms with Crippen LogP contribution in [0.15, 0.2) is 24.3 Å². The van der Waals surface area contributed by atoms with Crippen LogP contribution in [0.2, 0.25) is 0 Å². The average Bonchev–Trinajstić information content (AvgIpc) is 2.88. The van der Waals surface area contributed by atoms with E-state index in [9.17, 15) is 4.79 Å². The number of anilines is 1. The molecule has 0 aliphatic heterocycles. The van der Waals surface area contributed by atoms with Crippen molar-refractivity contribution in [1.82, 2.24) is 9.55 Å². The quantitative estimate of drug-likeness (QED) is 0.732. The Balaban J connectivity index is 2.21. The van der Waals surface area contributed by atoms with Gasteiger partial charge in [-0.05, 0) is 32.4 Å². The molecule has 1 aromatic carbocycles. The summed E-state index contributed by atoms with van der Waals surface area (Å²) in [5.74, 6) is 0.188. The first kappa shape index (κ1) is 17.4. The van der Waals surface area contributed by atoms with E-state index in [-0.39, 0.29) is 17.9 Å². The number of nitrogens with one attached hydrogen (secondary N) is 1. The van der Waals surface area contributed by atoms with Gasteiger partial charge in [-0.2, -0.15) is 0 Å². The van der Waals surface area contributed by atoms with Gasteiger partial charge in [-0.1, -0.05) is 19.1 Å². The Bertz CT molecular complexity index is 651. The second-order valence-electron chi connectivity index (χ2n) is 5.76. The van der Waals surface area contributed by atoms with Crippen LogP contribution in [0.3, 0.4) is 0 Å². The zero-order chi connectivity index (χ0) is 16.8. The van der Waals surface area contributed by atoms with Crippen molar-refractivity contribution >= 4 is 22.9 Å². The molecule has 0 saturated heterocycles. The summed E-state index contributed by atoms with van der Waals surface area (Å²) in [5.41, 5.74) is 7.69. The molecule has 1 heterocycles. The van der Waals surface area contributed by atoms with Crippen molar-refractivity contribution in [2.75, 3.05) is 18.5 Å². The Kier molecular flexibility index (Phi) is 6.12. The Hall–Kier alpha value is -1.92. The monoisotopic (exact) mass is 318 g/mol. The van der Waals surface area contributed by atoms with Crippen LogP contribution in [0, 0.1) is 5.92 Å². The second-order valence-corrected chi connectivity index (χ2v) is 5.76. The number of amides is 1. The molecule has 0 saturated carbocycles. The molecule has 2 unspecified atom stereocenters. The van der Waals surface area contributed by atoms with Gasteiger partial charge in [0.15, 0.2) is 0 Å². The summed E-state index contributed by atoms with van der Waals surface area (Å²) in [6, 6.07) is 7.66. The lowest BCUT2D eigenvalue weighted by atomic mass is 10.0. The lowest BCUT2D eigenvalue weighted by Crippen LogP contribution is -2.35. The fraction of sp³-hybridized carbons (Fsp3) is 0.529. The Morgan fingerprint density at radius 1 is 1.39 bits per heavy atom. The number of aromatic nitrogens is 2. The lowest BCUT2D eigenvalue weighted by molar-refractivity contribution is -0.119. The van der Waals surface area contributed by atoms with Crippen molar-refractivity contribution in [3.63, 3.8) is 0 Å². The number of nitrogens with two attached hydrogens (primary N) is 1. The number of imidazole rings is 1. The molecular weight excluding hydrogens is 292 g/mol. The van der Waals surface area contributed by atoms with Crippen LogP contribution in [0.5, 0.6) is 0 Å². The Morgan fingerprint density at radius 2 is 2.13 bits per heavy atom. The average molecular weight is 318 g/mol. The molecule has 0 bridgehead atoms. The van der Waals surface area contributed by atoms with Crippen molar-refractivity contribution < 1.29 is 9.53 Å². The molecule has 6 nitrogen and oxygen atoms in total. The van der Waals surface area contributed by atoms with E-state index in [1.165, 1.54) is 0 Å². The highest BCUT2D eigenvalue weighted by Gasteiger charge is 2.20. The van der Waals surface area contributed by atoms with E-state index in [0.29, 0.717) is 19.2 Å². The SMILES string of the molecule is CCOCCCn1c(NC(=O)C(C)C(C)N)nc2ccccc21. The summed E-state index contributed by atoms with van der Waals surface area (Å²) in [5, 5.41) is 2.91. The molecule has 1 aromatic heterocycles. The number of hydrogen-bond donors (Lipinski definition) is 2. The van der Waals surface area contributed by atoms with Crippen molar-refractivity contribution in [2.24, 2.45) is 11.7 Å². The molecule has 0 radical (unpaired) electrons. The highest BCUT2D eigenvalue weighted by molar-refractivity contribution is 5.93. The van der Waals surface area contributed by atoms with Gasteiger partial charge < -0.3 is 15.0 Å². The highest BCUT2D eigenvalue weighted by Crippen LogP contribution is 2.20. The number of fused-ring (bicyclic) bond motifs is 1. The van der Waals surface area contributed by atoms with Gasteiger partial charge in [0.1, 0.15) is 0 Å².